The molecule has 0 radical (unpaired) electrons. The maximum absolute atomic E-state index is 11.8. The summed E-state index contributed by atoms with van der Waals surface area (Å²) in [6.45, 7) is 0.415. The van der Waals surface area contributed by atoms with E-state index in [2.05, 4.69) is 0 Å². The molecule has 0 aliphatic carbocycles. The van der Waals surface area contributed by atoms with Crippen LogP contribution in [-0.4, -0.2) is 50.9 Å². The van der Waals surface area contributed by atoms with E-state index in [-0.39, 0.29) is 26.4 Å². The number of hydrogen-bond donors (Lipinski definition) is 0. The molecule has 27 heavy (non-hydrogen) atoms. The molecule has 2 aromatic carbocycles. The topological polar surface area (TPSA) is 96.0 Å². The van der Waals surface area contributed by atoms with Gasteiger partial charge in [-0.15, -0.1) is 0 Å². The highest BCUT2D eigenvalue weighted by molar-refractivity contribution is 5.91. The Morgan fingerprint density at radius 2 is 1.00 bits per heavy atom. The monoisotopic (exact) mass is 370 g/mol. The van der Waals surface area contributed by atoms with Crippen LogP contribution < -0.4 is 0 Å². The van der Waals surface area contributed by atoms with E-state index in [9.17, 15) is 19.2 Å². The van der Waals surface area contributed by atoms with Gasteiger partial charge in [-0.1, -0.05) is 24.3 Å². The van der Waals surface area contributed by atoms with Crippen molar-refractivity contribution in [2.45, 2.75) is 0 Å². The summed E-state index contributed by atoms with van der Waals surface area (Å²) in [5.74, 6) is -1.03. The summed E-state index contributed by atoms with van der Waals surface area (Å²) in [5.41, 5.74) is 1.64. The SMILES string of the molecule is O=Cc1ccc(C(=O)OCCOCCOC(=O)c2ccc(C=O)cc2)cc1. The normalized spacial score (nSPS) is 10.1. The Balaban J connectivity index is 1.58. The molecule has 2 rings (SSSR count). The summed E-state index contributed by atoms with van der Waals surface area (Å²) < 4.78 is 15.3. The van der Waals surface area contributed by atoms with Gasteiger partial charge in [0.25, 0.3) is 0 Å². The highest BCUT2D eigenvalue weighted by Gasteiger charge is 2.08. The van der Waals surface area contributed by atoms with Crippen LogP contribution >= 0.6 is 0 Å². The molecular formula is C20H18O7. The average molecular weight is 370 g/mol. The molecule has 140 valence electrons. The van der Waals surface area contributed by atoms with E-state index in [0.717, 1.165) is 0 Å². The standard InChI is InChI=1S/C20H18O7/c21-13-15-1-5-17(6-2-15)19(23)26-11-9-25-10-12-27-20(24)18-7-3-16(14-22)4-8-18/h1-8,13-14H,9-12H2. The lowest BCUT2D eigenvalue weighted by atomic mass is 10.1. The third kappa shape index (κ3) is 6.48. The molecule has 0 aromatic heterocycles. The van der Waals surface area contributed by atoms with E-state index >= 15 is 0 Å². The van der Waals surface area contributed by atoms with Gasteiger partial charge in [0, 0.05) is 11.1 Å². The Morgan fingerprint density at radius 1 is 0.630 bits per heavy atom. The van der Waals surface area contributed by atoms with Crippen molar-refractivity contribution in [1.82, 2.24) is 0 Å². The van der Waals surface area contributed by atoms with Gasteiger partial charge in [0.1, 0.15) is 25.8 Å². The van der Waals surface area contributed by atoms with Crippen LogP contribution in [0.4, 0.5) is 0 Å². The lowest BCUT2D eigenvalue weighted by Crippen LogP contribution is -2.14. The number of benzene rings is 2. The second kappa shape index (κ2) is 10.6. The molecule has 7 heteroatoms. The van der Waals surface area contributed by atoms with Gasteiger partial charge in [-0.3, -0.25) is 9.59 Å². The van der Waals surface area contributed by atoms with Crippen LogP contribution in [0, 0.1) is 0 Å². The van der Waals surface area contributed by atoms with Gasteiger partial charge in [0.05, 0.1) is 24.3 Å². The average Bonchev–Trinajstić information content (AvgIpc) is 2.72. The van der Waals surface area contributed by atoms with Gasteiger partial charge in [0.2, 0.25) is 0 Å². The number of carbonyl (C=O) groups is 4. The Bertz CT molecular complexity index is 711. The van der Waals surface area contributed by atoms with Crippen LogP contribution in [-0.2, 0) is 14.2 Å². The summed E-state index contributed by atoms with van der Waals surface area (Å²) >= 11 is 0. The highest BCUT2D eigenvalue weighted by atomic mass is 16.6. The molecule has 0 saturated carbocycles. The molecule has 0 aliphatic heterocycles. The molecule has 0 heterocycles. The Labute approximate surface area is 155 Å². The number of carbonyl (C=O) groups excluding carboxylic acids is 4. The number of ether oxygens (including phenoxy) is 3. The van der Waals surface area contributed by atoms with Crippen molar-refractivity contribution in [1.29, 1.82) is 0 Å². The lowest BCUT2D eigenvalue weighted by molar-refractivity contribution is 0.0151. The molecule has 0 fully saturated rings. The van der Waals surface area contributed by atoms with Gasteiger partial charge in [-0.25, -0.2) is 9.59 Å². The quantitative estimate of drug-likeness (QED) is 0.360. The van der Waals surface area contributed by atoms with Crippen LogP contribution in [0.5, 0.6) is 0 Å². The molecule has 0 amide bonds. The van der Waals surface area contributed by atoms with E-state index in [0.29, 0.717) is 34.8 Å². The third-order valence-corrected chi connectivity index (χ3v) is 3.49. The first kappa shape index (κ1) is 20.0. The fraction of sp³-hybridized carbons (Fsp3) is 0.200. The van der Waals surface area contributed by atoms with E-state index in [1.807, 2.05) is 0 Å². The van der Waals surface area contributed by atoms with Crippen LogP contribution in [0.2, 0.25) is 0 Å². The zero-order chi connectivity index (χ0) is 19.5. The van der Waals surface area contributed by atoms with Gasteiger partial charge >= 0.3 is 11.9 Å². The number of hydrogen-bond acceptors (Lipinski definition) is 7. The molecule has 0 atom stereocenters. The Kier molecular flexibility index (Phi) is 7.87. The summed E-state index contributed by atoms with van der Waals surface area (Å²) in [7, 11) is 0. The first-order chi connectivity index (χ1) is 13.1. The smallest absolute Gasteiger partial charge is 0.338 e. The molecule has 2 aromatic rings. The maximum atomic E-state index is 11.8. The Hall–Kier alpha value is -3.32. The van der Waals surface area contributed by atoms with Crippen LogP contribution in [0.25, 0.3) is 0 Å². The number of rotatable bonds is 10. The molecule has 0 saturated heterocycles. The van der Waals surface area contributed by atoms with Gasteiger partial charge in [0.15, 0.2) is 0 Å². The number of esters is 2. The van der Waals surface area contributed by atoms with E-state index < -0.39 is 11.9 Å². The second-order valence-corrected chi connectivity index (χ2v) is 5.36. The van der Waals surface area contributed by atoms with Crippen molar-refractivity contribution >= 4 is 24.5 Å². The van der Waals surface area contributed by atoms with Crippen LogP contribution in [0.3, 0.4) is 0 Å². The molecule has 0 spiro atoms. The third-order valence-electron chi connectivity index (χ3n) is 3.49. The lowest BCUT2D eigenvalue weighted by Gasteiger charge is -2.07. The molecule has 7 nitrogen and oxygen atoms in total. The Morgan fingerprint density at radius 3 is 1.33 bits per heavy atom. The van der Waals surface area contributed by atoms with Gasteiger partial charge < -0.3 is 14.2 Å². The molecular weight excluding hydrogens is 352 g/mol. The summed E-state index contributed by atoms with van der Waals surface area (Å²) in [6, 6.07) is 12.1. The predicted molar refractivity (Wildman–Crippen MR) is 95.0 cm³/mol. The largest absolute Gasteiger partial charge is 0.460 e. The fourth-order valence-electron chi connectivity index (χ4n) is 2.05. The van der Waals surface area contributed by atoms with Crippen molar-refractivity contribution < 1.29 is 33.4 Å². The van der Waals surface area contributed by atoms with E-state index in [4.69, 9.17) is 14.2 Å². The minimum Gasteiger partial charge on any atom is -0.460 e. The summed E-state index contributed by atoms with van der Waals surface area (Å²) in [5, 5.41) is 0. The van der Waals surface area contributed by atoms with Crippen LogP contribution in [0.15, 0.2) is 48.5 Å². The second-order valence-electron chi connectivity index (χ2n) is 5.36. The first-order valence-corrected chi connectivity index (χ1v) is 8.16. The fourth-order valence-corrected chi connectivity index (χ4v) is 2.05. The van der Waals surface area contributed by atoms with Crippen molar-refractivity contribution in [3.8, 4) is 0 Å². The molecule has 0 aliphatic rings. The highest BCUT2D eigenvalue weighted by Crippen LogP contribution is 2.05. The van der Waals surface area contributed by atoms with Crippen molar-refractivity contribution in [2.24, 2.45) is 0 Å². The van der Waals surface area contributed by atoms with Crippen molar-refractivity contribution in [3.05, 3.63) is 70.8 Å². The molecule has 0 N–H and O–H groups in total. The van der Waals surface area contributed by atoms with Gasteiger partial charge in [-0.05, 0) is 24.3 Å². The predicted octanol–water partition coefficient (Wildman–Crippen LogP) is 2.34. The zero-order valence-electron chi connectivity index (χ0n) is 14.5. The molecule has 0 bridgehead atoms. The van der Waals surface area contributed by atoms with E-state index in [1.54, 1.807) is 0 Å². The molecule has 0 unspecified atom stereocenters. The zero-order valence-corrected chi connectivity index (χ0v) is 14.5. The summed E-state index contributed by atoms with van der Waals surface area (Å²) in [4.78, 5) is 44.6. The first-order valence-electron chi connectivity index (χ1n) is 8.16. The van der Waals surface area contributed by atoms with E-state index in [1.165, 1.54) is 48.5 Å². The minimum absolute atomic E-state index is 0.0510. The summed E-state index contributed by atoms with van der Waals surface area (Å²) in [6.07, 6.45) is 1.38. The maximum Gasteiger partial charge on any atom is 0.338 e. The minimum atomic E-state index is -0.513. The number of aldehydes is 2. The van der Waals surface area contributed by atoms with Crippen LogP contribution in [0.1, 0.15) is 41.4 Å². The van der Waals surface area contributed by atoms with Gasteiger partial charge in [-0.2, -0.15) is 0 Å². The van der Waals surface area contributed by atoms with Crippen molar-refractivity contribution in [3.63, 3.8) is 0 Å². The van der Waals surface area contributed by atoms with Crippen molar-refractivity contribution in [2.75, 3.05) is 26.4 Å².